The van der Waals surface area contributed by atoms with Crippen molar-refractivity contribution in [2.75, 3.05) is 6.61 Å². The van der Waals surface area contributed by atoms with Crippen LogP contribution in [0.1, 0.15) is 23.7 Å². The molecule has 1 aliphatic rings. The first-order valence-corrected chi connectivity index (χ1v) is 6.44. The van der Waals surface area contributed by atoms with Crippen molar-refractivity contribution in [3.05, 3.63) is 59.9 Å². The van der Waals surface area contributed by atoms with Crippen LogP contribution >= 0.6 is 0 Å². The number of nitrogens with zero attached hydrogens (tertiary/aromatic N) is 1. The van der Waals surface area contributed by atoms with Crippen molar-refractivity contribution in [1.82, 2.24) is 4.98 Å². The molecule has 2 aromatic rings. The van der Waals surface area contributed by atoms with E-state index in [0.717, 1.165) is 30.0 Å². The maximum Gasteiger partial charge on any atom is 0.416 e. The van der Waals surface area contributed by atoms with Crippen molar-refractivity contribution < 1.29 is 17.9 Å². The molecule has 0 spiro atoms. The van der Waals surface area contributed by atoms with Crippen LogP contribution in [-0.2, 0) is 6.18 Å². The summed E-state index contributed by atoms with van der Waals surface area (Å²) in [6.07, 6.45) is -1.60. The molecule has 1 aromatic carbocycles. The molecule has 6 heteroatoms. The van der Waals surface area contributed by atoms with Crippen LogP contribution in [0.3, 0.4) is 0 Å². The van der Waals surface area contributed by atoms with Crippen LogP contribution in [0, 0.1) is 0 Å². The van der Waals surface area contributed by atoms with E-state index < -0.39 is 11.7 Å². The van der Waals surface area contributed by atoms with E-state index in [0.29, 0.717) is 6.61 Å². The van der Waals surface area contributed by atoms with Crippen LogP contribution < -0.4 is 10.5 Å². The average Bonchev–Trinajstić information content (AvgIpc) is 2.49. The zero-order valence-electron chi connectivity index (χ0n) is 11.2. The Hall–Kier alpha value is -2.08. The van der Waals surface area contributed by atoms with Gasteiger partial charge in [0.1, 0.15) is 5.75 Å². The van der Waals surface area contributed by atoms with Gasteiger partial charge < -0.3 is 10.5 Å². The minimum atomic E-state index is -4.21. The summed E-state index contributed by atoms with van der Waals surface area (Å²) in [6, 6.07) is 10.2. The summed E-state index contributed by atoms with van der Waals surface area (Å²) < 4.78 is 40.7. The Bertz CT molecular complexity index is 573. The Kier molecular flexibility index (Phi) is 4.80. The van der Waals surface area contributed by atoms with Gasteiger partial charge in [-0.1, -0.05) is 30.3 Å². The van der Waals surface area contributed by atoms with Crippen LogP contribution in [0.2, 0.25) is 0 Å². The molecule has 1 atom stereocenters. The largest absolute Gasteiger partial charge is 0.492 e. The van der Waals surface area contributed by atoms with Gasteiger partial charge in [0, 0.05) is 12.6 Å². The Labute approximate surface area is 120 Å². The number of benzene rings is 1. The lowest BCUT2D eigenvalue weighted by Crippen LogP contribution is -2.21. The summed E-state index contributed by atoms with van der Waals surface area (Å²) in [5.74, 6) is 0.839. The minimum absolute atomic E-state index is 0.0555. The lowest BCUT2D eigenvalue weighted by Gasteiger charge is -2.20. The van der Waals surface area contributed by atoms with E-state index in [-0.39, 0.29) is 6.04 Å². The molecule has 2 heterocycles. The first-order chi connectivity index (χ1) is 9.98. The molecule has 1 aliphatic heterocycles. The third-order valence-corrected chi connectivity index (χ3v) is 2.94. The second-order valence-corrected chi connectivity index (χ2v) is 4.49. The van der Waals surface area contributed by atoms with Gasteiger partial charge in [-0.2, -0.15) is 13.2 Å². The molecule has 0 saturated carbocycles. The zero-order valence-corrected chi connectivity index (χ0v) is 11.2. The van der Waals surface area contributed by atoms with Crippen molar-refractivity contribution >= 4 is 0 Å². The molecule has 0 radical (unpaired) electrons. The molecular formula is C15H15F3N2O. The third kappa shape index (κ3) is 4.19. The summed E-state index contributed by atoms with van der Waals surface area (Å²) >= 11 is 0. The summed E-state index contributed by atoms with van der Waals surface area (Å²) in [6.45, 7) is 0.708. The Balaban J connectivity index is 0.000000155. The monoisotopic (exact) mass is 296 g/mol. The fourth-order valence-corrected chi connectivity index (χ4v) is 1.86. The van der Waals surface area contributed by atoms with Crippen molar-refractivity contribution in [1.29, 1.82) is 0 Å². The van der Waals surface area contributed by atoms with E-state index in [4.69, 9.17) is 10.5 Å². The van der Waals surface area contributed by atoms with Gasteiger partial charge in [-0.25, -0.2) is 0 Å². The number of halogens is 3. The maximum atomic E-state index is 11.8. The minimum Gasteiger partial charge on any atom is -0.492 e. The average molecular weight is 296 g/mol. The molecule has 112 valence electrons. The maximum absolute atomic E-state index is 11.8. The quantitative estimate of drug-likeness (QED) is 0.808. The lowest BCUT2D eigenvalue weighted by atomic mass is 10.1. The first-order valence-electron chi connectivity index (χ1n) is 6.44. The second-order valence-electron chi connectivity index (χ2n) is 4.49. The molecule has 21 heavy (non-hydrogen) atoms. The molecular weight excluding hydrogens is 281 g/mol. The highest BCUT2D eigenvalue weighted by molar-refractivity contribution is 5.30. The normalized spacial score (nSPS) is 17.0. The van der Waals surface area contributed by atoms with Crippen LogP contribution in [0.15, 0.2) is 48.7 Å². The second kappa shape index (κ2) is 6.58. The van der Waals surface area contributed by atoms with Gasteiger partial charge in [-0.15, -0.1) is 0 Å². The van der Waals surface area contributed by atoms with E-state index in [2.05, 4.69) is 4.98 Å². The van der Waals surface area contributed by atoms with Crippen LogP contribution in [-0.4, -0.2) is 11.6 Å². The molecule has 0 saturated heterocycles. The fraction of sp³-hybridized carbons (Fsp3) is 0.267. The van der Waals surface area contributed by atoms with Gasteiger partial charge in [0.05, 0.1) is 23.9 Å². The molecule has 0 aliphatic carbocycles. The fourth-order valence-electron chi connectivity index (χ4n) is 1.86. The molecule has 0 bridgehead atoms. The summed E-state index contributed by atoms with van der Waals surface area (Å²) in [4.78, 5) is 4.15. The van der Waals surface area contributed by atoms with Gasteiger partial charge in [-0.05, 0) is 12.1 Å². The predicted molar refractivity (Wildman–Crippen MR) is 72.7 cm³/mol. The van der Waals surface area contributed by atoms with Crippen LogP contribution in [0.4, 0.5) is 13.2 Å². The standard InChI is InChI=1S/C8H10N2O.C7H5F3/c9-6-3-5-11-7-2-1-4-10-8(6)7;8-7(9,10)6-4-2-1-3-5-6/h1-2,4,6H,3,5,9H2;1-5H. The van der Waals surface area contributed by atoms with Crippen LogP contribution in [0.5, 0.6) is 5.75 Å². The molecule has 0 fully saturated rings. The van der Waals surface area contributed by atoms with Gasteiger partial charge in [0.2, 0.25) is 0 Å². The van der Waals surface area contributed by atoms with Gasteiger partial charge >= 0.3 is 6.18 Å². The Morgan fingerprint density at radius 1 is 1.10 bits per heavy atom. The summed E-state index contributed by atoms with van der Waals surface area (Å²) in [5, 5.41) is 0. The smallest absolute Gasteiger partial charge is 0.416 e. The highest BCUT2D eigenvalue weighted by atomic mass is 19.4. The van der Waals surface area contributed by atoms with E-state index in [1.807, 2.05) is 12.1 Å². The molecule has 0 amide bonds. The number of hydrogen-bond acceptors (Lipinski definition) is 3. The first kappa shape index (κ1) is 15.3. The molecule has 2 N–H and O–H groups in total. The number of pyridine rings is 1. The highest BCUT2D eigenvalue weighted by Crippen LogP contribution is 2.28. The number of hydrogen-bond donors (Lipinski definition) is 1. The van der Waals surface area contributed by atoms with Gasteiger partial charge in [0.15, 0.2) is 0 Å². The van der Waals surface area contributed by atoms with Crippen molar-refractivity contribution in [3.63, 3.8) is 0 Å². The molecule has 1 unspecified atom stereocenters. The van der Waals surface area contributed by atoms with E-state index in [1.165, 1.54) is 12.1 Å². The zero-order chi connectivity index (χ0) is 15.3. The number of rotatable bonds is 0. The topological polar surface area (TPSA) is 48.1 Å². The van der Waals surface area contributed by atoms with Crippen LogP contribution in [0.25, 0.3) is 0 Å². The predicted octanol–water partition coefficient (Wildman–Crippen LogP) is 3.57. The van der Waals surface area contributed by atoms with Crippen molar-refractivity contribution in [3.8, 4) is 5.75 Å². The van der Waals surface area contributed by atoms with E-state index in [9.17, 15) is 13.2 Å². The molecule has 3 rings (SSSR count). The number of alkyl halides is 3. The summed E-state index contributed by atoms with van der Waals surface area (Å²) in [5.41, 5.74) is 6.09. The lowest BCUT2D eigenvalue weighted by molar-refractivity contribution is -0.137. The molecule has 3 nitrogen and oxygen atoms in total. The Morgan fingerprint density at radius 2 is 1.81 bits per heavy atom. The highest BCUT2D eigenvalue weighted by Gasteiger charge is 2.29. The SMILES string of the molecule is FC(F)(F)c1ccccc1.NC1CCOc2cccnc21. The van der Waals surface area contributed by atoms with Gasteiger partial charge in [-0.3, -0.25) is 4.98 Å². The van der Waals surface area contributed by atoms with E-state index >= 15 is 0 Å². The number of fused-ring (bicyclic) bond motifs is 1. The van der Waals surface area contributed by atoms with Gasteiger partial charge in [0.25, 0.3) is 0 Å². The van der Waals surface area contributed by atoms with Crippen molar-refractivity contribution in [2.24, 2.45) is 5.73 Å². The Morgan fingerprint density at radius 3 is 2.38 bits per heavy atom. The third-order valence-electron chi connectivity index (χ3n) is 2.94. The van der Waals surface area contributed by atoms with E-state index in [1.54, 1.807) is 12.3 Å². The number of ether oxygens (including phenoxy) is 1. The van der Waals surface area contributed by atoms with Crippen molar-refractivity contribution in [2.45, 2.75) is 18.6 Å². The number of aromatic nitrogens is 1. The summed E-state index contributed by atoms with van der Waals surface area (Å²) in [7, 11) is 0. The number of nitrogens with two attached hydrogens (primary N) is 1. The molecule has 1 aromatic heterocycles.